The van der Waals surface area contributed by atoms with Gasteiger partial charge in [0.15, 0.2) is 0 Å². The van der Waals surface area contributed by atoms with Crippen LogP contribution in [0.2, 0.25) is 0 Å². The quantitative estimate of drug-likeness (QED) is 0.378. The summed E-state index contributed by atoms with van der Waals surface area (Å²) in [6, 6.07) is 1.36. The molecule has 0 fully saturated rings. The number of nitrogens with zero attached hydrogens (tertiary/aromatic N) is 2. The third-order valence-electron chi connectivity index (χ3n) is 1.28. The van der Waals surface area contributed by atoms with Gasteiger partial charge in [-0.05, 0) is 13.0 Å². The summed E-state index contributed by atoms with van der Waals surface area (Å²) in [6.07, 6.45) is 2.59. The van der Waals surface area contributed by atoms with Gasteiger partial charge in [-0.25, -0.2) is 14.8 Å². The third-order valence-corrected chi connectivity index (χ3v) is 1.28. The molecule has 1 heterocycles. The van der Waals surface area contributed by atoms with Crippen LogP contribution in [0.3, 0.4) is 0 Å². The predicted octanol–water partition coefficient (Wildman–Crippen LogP) is 0.222. The highest BCUT2D eigenvalue weighted by Gasteiger charge is 2.17. The molecule has 0 aromatic carbocycles. The largest absolute Gasteiger partial charge is 0.460 e. The summed E-state index contributed by atoms with van der Waals surface area (Å²) < 4.78 is 4.51. The minimum Gasteiger partial charge on any atom is -0.460 e. The maximum atomic E-state index is 11.2. The molecule has 1 aromatic heterocycles. The summed E-state index contributed by atoms with van der Waals surface area (Å²) in [7, 11) is 0. The van der Waals surface area contributed by atoms with Gasteiger partial charge < -0.3 is 4.74 Å². The summed E-state index contributed by atoms with van der Waals surface area (Å²) >= 11 is 0. The molecule has 0 saturated carbocycles. The van der Waals surface area contributed by atoms with E-state index in [-0.39, 0.29) is 12.3 Å². The number of carbonyl (C=O) groups is 2. The van der Waals surface area contributed by atoms with Crippen LogP contribution in [0.5, 0.6) is 0 Å². The Labute approximate surface area is 74.8 Å². The Morgan fingerprint density at radius 1 is 1.54 bits per heavy atom. The van der Waals surface area contributed by atoms with Crippen molar-refractivity contribution in [2.45, 2.75) is 6.92 Å². The Balaban J connectivity index is 2.74. The molecule has 1 aromatic rings. The normalized spacial score (nSPS) is 9.31. The van der Waals surface area contributed by atoms with Crippen molar-refractivity contribution in [2.75, 3.05) is 6.61 Å². The Hall–Kier alpha value is -1.78. The zero-order valence-electron chi connectivity index (χ0n) is 7.06. The van der Waals surface area contributed by atoms with E-state index in [9.17, 15) is 9.59 Å². The van der Waals surface area contributed by atoms with Crippen molar-refractivity contribution in [3.05, 3.63) is 24.3 Å². The van der Waals surface area contributed by atoms with E-state index in [0.717, 1.165) is 0 Å². The van der Waals surface area contributed by atoms with Crippen molar-refractivity contribution in [3.8, 4) is 0 Å². The number of ketones is 1. The SMILES string of the molecule is CCOC(=O)C(=O)c1ccncn1. The molecule has 5 heteroatoms. The maximum absolute atomic E-state index is 11.2. The molecule has 0 amide bonds. The number of aromatic nitrogens is 2. The summed E-state index contributed by atoms with van der Waals surface area (Å²) in [5.74, 6) is -1.63. The number of hydrogen-bond donors (Lipinski definition) is 0. The van der Waals surface area contributed by atoms with Crippen LogP contribution in [-0.2, 0) is 9.53 Å². The lowest BCUT2D eigenvalue weighted by Gasteiger charge is -1.98. The average molecular weight is 180 g/mol. The first-order chi connectivity index (χ1) is 6.25. The molecule has 0 atom stereocenters. The van der Waals surface area contributed by atoms with Crippen LogP contribution in [0, 0.1) is 0 Å². The summed E-state index contributed by atoms with van der Waals surface area (Å²) in [4.78, 5) is 29.3. The van der Waals surface area contributed by atoms with Crippen molar-refractivity contribution in [1.29, 1.82) is 0 Å². The van der Waals surface area contributed by atoms with Gasteiger partial charge in [-0.3, -0.25) is 4.79 Å². The Bertz CT molecular complexity index is 310. The lowest BCUT2D eigenvalue weighted by Crippen LogP contribution is -2.18. The highest BCUT2D eigenvalue weighted by Crippen LogP contribution is 1.95. The first-order valence-electron chi connectivity index (χ1n) is 3.73. The van der Waals surface area contributed by atoms with Crippen molar-refractivity contribution in [1.82, 2.24) is 9.97 Å². The summed E-state index contributed by atoms with van der Waals surface area (Å²) in [5.41, 5.74) is 0.0495. The zero-order valence-corrected chi connectivity index (χ0v) is 7.06. The van der Waals surface area contributed by atoms with Crippen LogP contribution < -0.4 is 0 Å². The highest BCUT2D eigenvalue weighted by atomic mass is 16.5. The molecule has 13 heavy (non-hydrogen) atoms. The second-order valence-corrected chi connectivity index (χ2v) is 2.14. The molecular weight excluding hydrogens is 172 g/mol. The molecule has 0 spiro atoms. The van der Waals surface area contributed by atoms with Crippen LogP contribution >= 0.6 is 0 Å². The smallest absolute Gasteiger partial charge is 0.381 e. The molecule has 0 aliphatic carbocycles. The predicted molar refractivity (Wildman–Crippen MR) is 43.0 cm³/mol. The van der Waals surface area contributed by atoms with Gasteiger partial charge in [-0.15, -0.1) is 0 Å². The minimum absolute atomic E-state index is 0.0495. The second kappa shape index (κ2) is 4.30. The topological polar surface area (TPSA) is 69.2 Å². The molecule has 0 unspecified atom stereocenters. The fourth-order valence-electron chi connectivity index (χ4n) is 0.726. The van der Waals surface area contributed by atoms with Crippen molar-refractivity contribution < 1.29 is 14.3 Å². The van der Waals surface area contributed by atoms with E-state index < -0.39 is 11.8 Å². The Kier molecular flexibility index (Phi) is 3.08. The number of carbonyl (C=O) groups excluding carboxylic acids is 2. The second-order valence-electron chi connectivity index (χ2n) is 2.14. The van der Waals surface area contributed by atoms with Gasteiger partial charge in [0, 0.05) is 6.20 Å². The van der Waals surface area contributed by atoms with Crippen molar-refractivity contribution in [3.63, 3.8) is 0 Å². The molecule has 1 rings (SSSR count). The maximum Gasteiger partial charge on any atom is 0.381 e. The van der Waals surface area contributed by atoms with E-state index in [0.29, 0.717) is 0 Å². The van der Waals surface area contributed by atoms with Gasteiger partial charge in [0.05, 0.1) is 6.61 Å². The number of esters is 1. The van der Waals surface area contributed by atoms with Gasteiger partial charge >= 0.3 is 5.97 Å². The number of Topliss-reactive ketones (excluding diaryl/α,β-unsaturated/α-hetero) is 1. The van der Waals surface area contributed by atoms with E-state index >= 15 is 0 Å². The molecule has 0 radical (unpaired) electrons. The van der Waals surface area contributed by atoms with Gasteiger partial charge in [0.2, 0.25) is 0 Å². The number of ether oxygens (including phenoxy) is 1. The highest BCUT2D eigenvalue weighted by molar-refractivity contribution is 6.40. The van der Waals surface area contributed by atoms with E-state index in [1.807, 2.05) is 0 Å². The standard InChI is InChI=1S/C8H8N2O3/c1-2-13-8(12)7(11)6-3-4-9-5-10-6/h3-5H,2H2,1H3. The van der Waals surface area contributed by atoms with E-state index in [4.69, 9.17) is 0 Å². The van der Waals surface area contributed by atoms with Crippen molar-refractivity contribution >= 4 is 11.8 Å². The van der Waals surface area contributed by atoms with Gasteiger partial charge in [-0.2, -0.15) is 0 Å². The van der Waals surface area contributed by atoms with Crippen LogP contribution in [0.15, 0.2) is 18.6 Å². The molecule has 5 nitrogen and oxygen atoms in total. The van der Waals surface area contributed by atoms with E-state index in [1.165, 1.54) is 18.6 Å². The number of hydrogen-bond acceptors (Lipinski definition) is 5. The average Bonchev–Trinajstić information content (AvgIpc) is 2.18. The van der Waals surface area contributed by atoms with Crippen LogP contribution in [0.25, 0.3) is 0 Å². The fourth-order valence-corrected chi connectivity index (χ4v) is 0.726. The number of rotatable bonds is 3. The molecule has 0 aliphatic heterocycles. The molecule has 68 valence electrons. The molecule has 0 saturated heterocycles. The van der Waals surface area contributed by atoms with Gasteiger partial charge in [0.25, 0.3) is 5.78 Å². The minimum atomic E-state index is -0.888. The summed E-state index contributed by atoms with van der Waals surface area (Å²) in [6.45, 7) is 1.81. The third kappa shape index (κ3) is 2.33. The summed E-state index contributed by atoms with van der Waals surface area (Å²) in [5, 5.41) is 0. The van der Waals surface area contributed by atoms with Crippen LogP contribution in [0.1, 0.15) is 17.4 Å². The van der Waals surface area contributed by atoms with Gasteiger partial charge in [-0.1, -0.05) is 0 Å². The lowest BCUT2D eigenvalue weighted by molar-refractivity contribution is -0.137. The van der Waals surface area contributed by atoms with Crippen LogP contribution in [-0.4, -0.2) is 28.3 Å². The van der Waals surface area contributed by atoms with E-state index in [1.54, 1.807) is 6.92 Å². The lowest BCUT2D eigenvalue weighted by atomic mass is 10.3. The molecular formula is C8H8N2O3. The van der Waals surface area contributed by atoms with Gasteiger partial charge in [0.1, 0.15) is 12.0 Å². The first-order valence-corrected chi connectivity index (χ1v) is 3.73. The Morgan fingerprint density at radius 3 is 2.85 bits per heavy atom. The fraction of sp³-hybridized carbons (Fsp3) is 0.250. The monoisotopic (exact) mass is 180 g/mol. The first kappa shape index (κ1) is 9.31. The molecule has 0 aliphatic rings. The molecule has 0 bridgehead atoms. The van der Waals surface area contributed by atoms with E-state index in [2.05, 4.69) is 14.7 Å². The Morgan fingerprint density at radius 2 is 2.31 bits per heavy atom. The van der Waals surface area contributed by atoms with Crippen molar-refractivity contribution in [2.24, 2.45) is 0 Å². The molecule has 0 N–H and O–H groups in total. The zero-order chi connectivity index (χ0) is 9.68. The van der Waals surface area contributed by atoms with Crippen LogP contribution in [0.4, 0.5) is 0 Å².